The second-order valence-electron chi connectivity index (χ2n) is 6.06. The van der Waals surface area contributed by atoms with Crippen LogP contribution < -0.4 is 0 Å². The van der Waals surface area contributed by atoms with E-state index in [0.717, 1.165) is 12.8 Å². The van der Waals surface area contributed by atoms with Gasteiger partial charge in [0.15, 0.2) is 5.41 Å². The quantitative estimate of drug-likeness (QED) is 0.746. The minimum absolute atomic E-state index is 0.294. The third kappa shape index (κ3) is 1.33. The first-order valence-electron chi connectivity index (χ1n) is 7.39. The summed E-state index contributed by atoms with van der Waals surface area (Å²) in [6.07, 6.45) is 5.37. The summed E-state index contributed by atoms with van der Waals surface area (Å²) in [6, 6.07) is 6.13. The number of nitrogens with one attached hydrogen (secondary N) is 1. The number of nitrogens with zero attached hydrogens (tertiary/aromatic N) is 3. The van der Waals surface area contributed by atoms with E-state index in [1.807, 2.05) is 12.1 Å². The van der Waals surface area contributed by atoms with Crippen LogP contribution in [0.15, 0.2) is 12.2 Å². The van der Waals surface area contributed by atoms with Gasteiger partial charge in [-0.05, 0) is 19.8 Å². The maximum atomic E-state index is 9.91. The van der Waals surface area contributed by atoms with Crippen molar-refractivity contribution < 1.29 is 9.47 Å². The van der Waals surface area contributed by atoms with Gasteiger partial charge in [0.05, 0.1) is 24.1 Å². The van der Waals surface area contributed by atoms with E-state index in [2.05, 4.69) is 6.07 Å². The van der Waals surface area contributed by atoms with Gasteiger partial charge in [-0.1, -0.05) is 18.6 Å². The highest BCUT2D eigenvalue weighted by Crippen LogP contribution is 2.66. The average molecular weight is 296 g/mol. The molecule has 2 bridgehead atoms. The predicted octanol–water partition coefficient (Wildman–Crippen LogP) is 2.40. The fourth-order valence-electron chi connectivity index (χ4n) is 4.24. The maximum absolute atomic E-state index is 9.91. The van der Waals surface area contributed by atoms with Gasteiger partial charge in [-0.3, -0.25) is 5.41 Å². The molecule has 3 aliphatic rings. The Bertz CT molecular complexity index is 666. The zero-order valence-electron chi connectivity index (χ0n) is 12.3. The largest absolute Gasteiger partial charge is 0.447 e. The molecule has 112 valence electrons. The fourth-order valence-corrected chi connectivity index (χ4v) is 4.24. The van der Waals surface area contributed by atoms with Crippen molar-refractivity contribution >= 4 is 5.90 Å². The van der Waals surface area contributed by atoms with Crippen molar-refractivity contribution in [1.29, 1.82) is 21.2 Å². The number of hydrogen-bond donors (Lipinski definition) is 1. The molecule has 0 radical (unpaired) electrons. The van der Waals surface area contributed by atoms with Crippen molar-refractivity contribution in [3.63, 3.8) is 0 Å². The molecule has 3 rings (SSSR count). The standard InChI is InChI=1S/C16H16N4O2/c1-2-5-12-14(8-17,9-18)15(10-19)11-6-3-4-7-16(11,21-12)22-13(15)20/h2,5,11-12,20H,3-4,6-7H2,1H3/b5-2+,20-13?. The molecule has 0 aromatic carbocycles. The van der Waals surface area contributed by atoms with Crippen molar-refractivity contribution in [2.75, 3.05) is 0 Å². The van der Waals surface area contributed by atoms with E-state index in [1.165, 1.54) is 0 Å². The van der Waals surface area contributed by atoms with Crippen molar-refractivity contribution in [2.24, 2.45) is 16.7 Å². The van der Waals surface area contributed by atoms with Gasteiger partial charge in [-0.25, -0.2) is 0 Å². The predicted molar refractivity (Wildman–Crippen MR) is 74.9 cm³/mol. The molecule has 4 atom stereocenters. The summed E-state index contributed by atoms with van der Waals surface area (Å²) in [7, 11) is 0. The Morgan fingerprint density at radius 3 is 2.55 bits per heavy atom. The van der Waals surface area contributed by atoms with E-state index >= 15 is 0 Å². The Hall–Kier alpha value is -2.36. The molecule has 0 spiro atoms. The van der Waals surface area contributed by atoms with Crippen LogP contribution in [0.1, 0.15) is 32.6 Å². The van der Waals surface area contributed by atoms with E-state index in [4.69, 9.17) is 14.9 Å². The molecule has 22 heavy (non-hydrogen) atoms. The highest BCUT2D eigenvalue weighted by molar-refractivity contribution is 5.89. The zero-order chi connectivity index (χ0) is 16.0. The maximum Gasteiger partial charge on any atom is 0.217 e. The summed E-state index contributed by atoms with van der Waals surface area (Å²) in [5.41, 5.74) is -3.34. The van der Waals surface area contributed by atoms with Crippen LogP contribution in [0.2, 0.25) is 0 Å². The minimum Gasteiger partial charge on any atom is -0.447 e. The third-order valence-electron chi connectivity index (χ3n) is 5.23. The first-order chi connectivity index (χ1) is 10.6. The molecule has 1 N–H and O–H groups in total. The summed E-state index contributed by atoms with van der Waals surface area (Å²) in [6.45, 7) is 1.76. The van der Waals surface area contributed by atoms with Gasteiger partial charge >= 0.3 is 0 Å². The SMILES string of the molecule is C/C=C/C1OC23CCCCC2C(C#N)(C(=N)O3)C1(C#N)C#N. The third-order valence-corrected chi connectivity index (χ3v) is 5.23. The molecule has 2 heterocycles. The Kier molecular flexibility index (Phi) is 3.02. The second-order valence-corrected chi connectivity index (χ2v) is 6.06. The molecule has 6 heteroatoms. The first kappa shape index (κ1) is 14.6. The molecule has 2 saturated heterocycles. The molecule has 0 amide bonds. The van der Waals surface area contributed by atoms with Crippen molar-refractivity contribution in [2.45, 2.75) is 44.5 Å². The lowest BCUT2D eigenvalue weighted by Gasteiger charge is -2.50. The molecule has 6 nitrogen and oxygen atoms in total. The average Bonchev–Trinajstić information content (AvgIpc) is 2.74. The molecule has 0 aromatic rings. The highest BCUT2D eigenvalue weighted by Gasteiger charge is 2.79. The minimum atomic E-state index is -1.77. The van der Waals surface area contributed by atoms with E-state index in [-0.39, 0.29) is 5.90 Å². The number of allylic oxidation sites excluding steroid dienone is 1. The van der Waals surface area contributed by atoms with E-state index < -0.39 is 28.6 Å². The van der Waals surface area contributed by atoms with E-state index in [0.29, 0.717) is 12.8 Å². The Labute approximate surface area is 129 Å². The first-order valence-corrected chi connectivity index (χ1v) is 7.39. The van der Waals surface area contributed by atoms with E-state index in [9.17, 15) is 15.8 Å². The lowest BCUT2D eigenvalue weighted by atomic mass is 9.52. The van der Waals surface area contributed by atoms with Crippen molar-refractivity contribution in [3.05, 3.63) is 12.2 Å². The zero-order valence-corrected chi connectivity index (χ0v) is 12.3. The van der Waals surface area contributed by atoms with Crippen LogP contribution in [0.4, 0.5) is 0 Å². The lowest BCUT2D eigenvalue weighted by molar-refractivity contribution is -0.280. The van der Waals surface area contributed by atoms with Gasteiger partial charge in [0.2, 0.25) is 17.1 Å². The van der Waals surface area contributed by atoms with Crippen LogP contribution in [0.3, 0.4) is 0 Å². The van der Waals surface area contributed by atoms with Crippen LogP contribution in [0.25, 0.3) is 0 Å². The van der Waals surface area contributed by atoms with Gasteiger partial charge in [0.1, 0.15) is 6.10 Å². The molecular formula is C16H16N4O2. The molecule has 1 aliphatic carbocycles. The molecular weight excluding hydrogens is 280 g/mol. The van der Waals surface area contributed by atoms with E-state index in [1.54, 1.807) is 19.1 Å². The molecule has 3 fully saturated rings. The van der Waals surface area contributed by atoms with Crippen molar-refractivity contribution in [3.8, 4) is 18.2 Å². The summed E-state index contributed by atoms with van der Waals surface area (Å²) in [5, 5.41) is 37.7. The molecule has 4 unspecified atom stereocenters. The lowest BCUT2D eigenvalue weighted by Crippen LogP contribution is -2.62. The second kappa shape index (κ2) is 4.57. The van der Waals surface area contributed by atoms with Crippen LogP contribution in [0.5, 0.6) is 0 Å². The number of rotatable bonds is 1. The Balaban J connectivity index is 2.31. The summed E-state index contributed by atoms with van der Waals surface area (Å²) >= 11 is 0. The highest BCUT2D eigenvalue weighted by atomic mass is 16.7. The van der Waals surface area contributed by atoms with Crippen LogP contribution >= 0.6 is 0 Å². The van der Waals surface area contributed by atoms with Gasteiger partial charge in [-0.2, -0.15) is 15.8 Å². The Morgan fingerprint density at radius 1 is 1.23 bits per heavy atom. The summed E-state index contributed by atoms with van der Waals surface area (Å²) < 4.78 is 11.8. The molecule has 0 aromatic heterocycles. The van der Waals surface area contributed by atoms with Crippen molar-refractivity contribution in [1.82, 2.24) is 0 Å². The fraction of sp³-hybridized carbons (Fsp3) is 0.625. The van der Waals surface area contributed by atoms with Gasteiger partial charge in [0.25, 0.3) is 0 Å². The van der Waals surface area contributed by atoms with Crippen LogP contribution in [0, 0.1) is 56.2 Å². The topological polar surface area (TPSA) is 114 Å². The molecule has 1 saturated carbocycles. The Morgan fingerprint density at radius 2 is 1.95 bits per heavy atom. The van der Waals surface area contributed by atoms with Crippen LogP contribution in [-0.4, -0.2) is 17.8 Å². The molecule has 2 aliphatic heterocycles. The number of nitriles is 3. The smallest absolute Gasteiger partial charge is 0.217 e. The summed E-state index contributed by atoms with van der Waals surface area (Å²) in [5.74, 6) is -1.80. The number of hydrogen-bond acceptors (Lipinski definition) is 6. The van der Waals surface area contributed by atoms with Crippen LogP contribution in [-0.2, 0) is 9.47 Å². The van der Waals surface area contributed by atoms with Gasteiger partial charge < -0.3 is 9.47 Å². The monoisotopic (exact) mass is 296 g/mol. The number of ether oxygens (including phenoxy) is 2. The van der Waals surface area contributed by atoms with Gasteiger partial charge in [0, 0.05) is 6.42 Å². The van der Waals surface area contributed by atoms with Gasteiger partial charge in [-0.15, -0.1) is 0 Å². The summed E-state index contributed by atoms with van der Waals surface area (Å²) in [4.78, 5) is 0. The normalized spacial score (nSPS) is 41.8.